The number of hydrogen-bond acceptors (Lipinski definition) is 3. The van der Waals surface area contributed by atoms with E-state index in [0.717, 1.165) is 57.8 Å². The van der Waals surface area contributed by atoms with Gasteiger partial charge in [0.2, 0.25) is 17.7 Å². The maximum Gasteiger partial charge on any atom is 0.223 e. The van der Waals surface area contributed by atoms with Crippen molar-refractivity contribution in [3.63, 3.8) is 0 Å². The molecule has 0 radical (unpaired) electrons. The van der Waals surface area contributed by atoms with Gasteiger partial charge in [-0.2, -0.15) is 0 Å². The van der Waals surface area contributed by atoms with Crippen molar-refractivity contribution in [1.29, 1.82) is 0 Å². The van der Waals surface area contributed by atoms with Crippen LogP contribution < -0.4 is 16.0 Å². The third-order valence-electron chi connectivity index (χ3n) is 8.24. The lowest BCUT2D eigenvalue weighted by Crippen LogP contribution is -2.48. The molecule has 0 heterocycles. The maximum atomic E-state index is 13.3. The zero-order valence-corrected chi connectivity index (χ0v) is 26.9. The van der Waals surface area contributed by atoms with Crippen molar-refractivity contribution in [2.75, 3.05) is 0 Å². The van der Waals surface area contributed by atoms with Gasteiger partial charge in [-0.1, -0.05) is 80.1 Å². The molecule has 0 aromatic heterocycles. The fraction of sp³-hybridized carbons (Fsp3) is 0.909. The van der Waals surface area contributed by atoms with Crippen molar-refractivity contribution >= 4 is 17.7 Å². The molecule has 1 aliphatic carbocycles. The van der Waals surface area contributed by atoms with Crippen molar-refractivity contribution in [3.8, 4) is 0 Å². The monoisotopic (exact) mass is 549 g/mol. The summed E-state index contributed by atoms with van der Waals surface area (Å²) in [5.74, 6) is 1.02. The molecule has 0 saturated heterocycles. The highest BCUT2D eigenvalue weighted by molar-refractivity contribution is 5.86. The molecule has 3 amide bonds. The molecule has 228 valence electrons. The quantitative estimate of drug-likeness (QED) is 0.172. The number of carbonyl (C=O) groups excluding carboxylic acids is 3. The first-order chi connectivity index (χ1) is 18.3. The first-order valence-electron chi connectivity index (χ1n) is 16.2. The van der Waals surface area contributed by atoms with Gasteiger partial charge in [-0.25, -0.2) is 0 Å². The van der Waals surface area contributed by atoms with Crippen molar-refractivity contribution in [3.05, 3.63) is 0 Å². The van der Waals surface area contributed by atoms with Crippen LogP contribution in [0.1, 0.15) is 139 Å². The fourth-order valence-electron chi connectivity index (χ4n) is 5.76. The number of amides is 3. The lowest BCUT2D eigenvalue weighted by molar-refractivity contribution is -0.135. The van der Waals surface area contributed by atoms with Gasteiger partial charge in [0.15, 0.2) is 0 Å². The standard InChI is InChI=1S/C33H63N3O3/c1-22(2)13-10-16-25(7)34-31(37)28-19-29(32(38)35-26(8)17-11-14-23(3)4)21-30(20-28)33(39)36-27(9)18-12-15-24(5)6/h22-30H,10-21H2,1-9H3,(H,34,37)(H,35,38)(H,36,39). The minimum Gasteiger partial charge on any atom is -0.353 e. The Hall–Kier alpha value is -1.59. The van der Waals surface area contributed by atoms with Gasteiger partial charge in [0, 0.05) is 35.9 Å². The summed E-state index contributed by atoms with van der Waals surface area (Å²) in [5.41, 5.74) is 0. The van der Waals surface area contributed by atoms with Gasteiger partial charge in [-0.05, 0) is 77.0 Å². The highest BCUT2D eigenvalue weighted by Gasteiger charge is 2.39. The van der Waals surface area contributed by atoms with Gasteiger partial charge < -0.3 is 16.0 Å². The van der Waals surface area contributed by atoms with Crippen molar-refractivity contribution in [2.24, 2.45) is 35.5 Å². The molecule has 1 saturated carbocycles. The zero-order chi connectivity index (χ0) is 29.5. The molecule has 3 unspecified atom stereocenters. The Balaban J connectivity index is 2.83. The lowest BCUT2D eigenvalue weighted by atomic mass is 9.73. The van der Waals surface area contributed by atoms with Crippen LogP contribution in [0.4, 0.5) is 0 Å². The summed E-state index contributed by atoms with van der Waals surface area (Å²) in [7, 11) is 0. The van der Waals surface area contributed by atoms with E-state index in [9.17, 15) is 14.4 Å². The zero-order valence-electron chi connectivity index (χ0n) is 26.9. The second kappa shape index (κ2) is 18.7. The van der Waals surface area contributed by atoms with Crippen LogP contribution in [0.5, 0.6) is 0 Å². The summed E-state index contributed by atoms with van der Waals surface area (Å²) >= 11 is 0. The predicted molar refractivity (Wildman–Crippen MR) is 163 cm³/mol. The number of nitrogens with one attached hydrogen (secondary N) is 3. The molecule has 0 aromatic rings. The minimum atomic E-state index is -0.315. The second-order valence-electron chi connectivity index (χ2n) is 14.0. The van der Waals surface area contributed by atoms with E-state index < -0.39 is 0 Å². The van der Waals surface area contributed by atoms with Gasteiger partial charge in [-0.15, -0.1) is 0 Å². The molecule has 0 bridgehead atoms. The van der Waals surface area contributed by atoms with E-state index in [1.807, 2.05) is 0 Å². The van der Waals surface area contributed by atoms with E-state index in [-0.39, 0.29) is 53.6 Å². The third-order valence-corrected chi connectivity index (χ3v) is 8.24. The number of hydrogen-bond donors (Lipinski definition) is 3. The minimum absolute atomic E-state index is 0.00249. The highest BCUT2D eigenvalue weighted by atomic mass is 16.2. The molecule has 1 rings (SSSR count). The van der Waals surface area contributed by atoms with Crippen LogP contribution in [0, 0.1) is 35.5 Å². The second-order valence-corrected chi connectivity index (χ2v) is 14.0. The normalized spacial score (nSPS) is 22.0. The Labute approximate surface area is 241 Å². The van der Waals surface area contributed by atoms with E-state index in [1.165, 1.54) is 0 Å². The maximum absolute atomic E-state index is 13.3. The summed E-state index contributed by atoms with van der Waals surface area (Å²) in [6.45, 7) is 19.5. The van der Waals surface area contributed by atoms with E-state index >= 15 is 0 Å². The Morgan fingerprint density at radius 3 is 0.897 bits per heavy atom. The summed E-state index contributed by atoms with van der Waals surface area (Å²) in [5, 5.41) is 9.60. The molecule has 6 heteroatoms. The van der Waals surface area contributed by atoms with Gasteiger partial charge >= 0.3 is 0 Å². The van der Waals surface area contributed by atoms with Crippen LogP contribution in [-0.4, -0.2) is 35.8 Å². The molecule has 1 fully saturated rings. The van der Waals surface area contributed by atoms with Crippen LogP contribution in [0.2, 0.25) is 0 Å². The van der Waals surface area contributed by atoms with Gasteiger partial charge in [0.25, 0.3) is 0 Å². The van der Waals surface area contributed by atoms with Crippen LogP contribution in [0.3, 0.4) is 0 Å². The van der Waals surface area contributed by atoms with E-state index in [4.69, 9.17) is 0 Å². The Bertz CT molecular complexity index is 620. The Morgan fingerprint density at radius 2 is 0.692 bits per heavy atom. The van der Waals surface area contributed by atoms with Gasteiger partial charge in [0.1, 0.15) is 0 Å². The number of carbonyl (C=O) groups is 3. The smallest absolute Gasteiger partial charge is 0.223 e. The molecule has 1 aliphatic rings. The molecule has 0 aromatic carbocycles. The summed E-state index contributed by atoms with van der Waals surface area (Å²) in [6, 6.07) is 0.291. The average Bonchev–Trinajstić information content (AvgIpc) is 2.82. The fourth-order valence-corrected chi connectivity index (χ4v) is 5.76. The third kappa shape index (κ3) is 15.7. The summed E-state index contributed by atoms with van der Waals surface area (Å²) < 4.78 is 0. The molecule has 0 aliphatic heterocycles. The average molecular weight is 550 g/mol. The highest BCUT2D eigenvalue weighted by Crippen LogP contribution is 2.34. The molecule has 3 N–H and O–H groups in total. The molecule has 39 heavy (non-hydrogen) atoms. The first kappa shape index (κ1) is 35.4. The SMILES string of the molecule is CC(C)CCCC(C)NC(=O)C1CC(C(=O)NC(C)CCCC(C)C)CC(C(=O)NC(C)CCCC(C)C)C1. The number of rotatable bonds is 18. The van der Waals surface area contributed by atoms with Crippen molar-refractivity contribution in [1.82, 2.24) is 16.0 Å². The van der Waals surface area contributed by atoms with Crippen LogP contribution in [-0.2, 0) is 14.4 Å². The van der Waals surface area contributed by atoms with E-state index in [0.29, 0.717) is 37.0 Å². The van der Waals surface area contributed by atoms with Crippen LogP contribution >= 0.6 is 0 Å². The molecule has 0 spiro atoms. The first-order valence-corrected chi connectivity index (χ1v) is 16.2. The van der Waals surface area contributed by atoms with Crippen LogP contribution in [0.15, 0.2) is 0 Å². The summed E-state index contributed by atoms with van der Waals surface area (Å²) in [6.07, 6.45) is 11.1. The van der Waals surface area contributed by atoms with Crippen LogP contribution in [0.25, 0.3) is 0 Å². The molecular weight excluding hydrogens is 486 g/mol. The predicted octanol–water partition coefficient (Wildman–Crippen LogP) is 7.01. The Kier molecular flexibility index (Phi) is 17.0. The van der Waals surface area contributed by atoms with E-state index in [1.54, 1.807) is 0 Å². The molecular formula is C33H63N3O3. The topological polar surface area (TPSA) is 87.3 Å². The van der Waals surface area contributed by atoms with E-state index in [2.05, 4.69) is 78.3 Å². The Morgan fingerprint density at radius 1 is 0.462 bits per heavy atom. The van der Waals surface area contributed by atoms with Crippen molar-refractivity contribution < 1.29 is 14.4 Å². The van der Waals surface area contributed by atoms with Gasteiger partial charge in [0.05, 0.1) is 0 Å². The lowest BCUT2D eigenvalue weighted by Gasteiger charge is -2.34. The molecule has 3 atom stereocenters. The summed E-state index contributed by atoms with van der Waals surface area (Å²) in [4.78, 5) is 40.0. The largest absolute Gasteiger partial charge is 0.353 e. The molecule has 6 nitrogen and oxygen atoms in total. The van der Waals surface area contributed by atoms with Crippen molar-refractivity contribution in [2.45, 2.75) is 157 Å². The van der Waals surface area contributed by atoms with Gasteiger partial charge in [-0.3, -0.25) is 14.4 Å².